The van der Waals surface area contributed by atoms with Crippen molar-refractivity contribution in [1.82, 2.24) is 0 Å². The van der Waals surface area contributed by atoms with Crippen molar-refractivity contribution in [3.05, 3.63) is 75.1 Å². The molecule has 0 bridgehead atoms. The molecule has 0 radical (unpaired) electrons. The molecule has 0 unspecified atom stereocenters. The second-order valence-electron chi connectivity index (χ2n) is 3.81. The lowest BCUT2D eigenvalue weighted by atomic mass is 9.98. The number of hydrogen-bond donors (Lipinski definition) is 1. The summed E-state index contributed by atoms with van der Waals surface area (Å²) in [6.07, 6.45) is 1.73. The van der Waals surface area contributed by atoms with Gasteiger partial charge in [-0.15, -0.1) is 0 Å². The number of hydrogen-bond acceptors (Lipinski definition) is 1. The molecule has 0 aliphatic rings. The van der Waals surface area contributed by atoms with E-state index in [0.29, 0.717) is 0 Å². The van der Waals surface area contributed by atoms with E-state index in [-0.39, 0.29) is 12.4 Å². The van der Waals surface area contributed by atoms with Crippen molar-refractivity contribution in [2.75, 3.05) is 6.61 Å². The predicted octanol–water partition coefficient (Wildman–Crippen LogP) is 3.85. The van der Waals surface area contributed by atoms with Crippen molar-refractivity contribution < 1.29 is 9.50 Å². The summed E-state index contributed by atoms with van der Waals surface area (Å²) >= 11 is 2.24. The van der Waals surface area contributed by atoms with Gasteiger partial charge in [-0.05, 0) is 63.6 Å². The Hall–Kier alpha value is -1.20. The van der Waals surface area contributed by atoms with Crippen LogP contribution in [0, 0.1) is 9.39 Å². The molecule has 92 valence electrons. The second-order valence-corrected chi connectivity index (χ2v) is 5.06. The number of halogens is 2. The van der Waals surface area contributed by atoms with Crippen LogP contribution in [-0.4, -0.2) is 11.7 Å². The Morgan fingerprint density at radius 3 is 2.00 bits per heavy atom. The lowest BCUT2D eigenvalue weighted by molar-refractivity contribution is 0.343. The van der Waals surface area contributed by atoms with Gasteiger partial charge in [0.25, 0.3) is 0 Å². The largest absolute Gasteiger partial charge is 0.392 e. The van der Waals surface area contributed by atoms with Crippen molar-refractivity contribution in [2.45, 2.75) is 0 Å². The van der Waals surface area contributed by atoms with Crippen LogP contribution >= 0.6 is 22.6 Å². The monoisotopic (exact) mass is 354 g/mol. The van der Waals surface area contributed by atoms with Crippen LogP contribution in [-0.2, 0) is 0 Å². The Bertz CT molecular complexity index is 496. The van der Waals surface area contributed by atoms with Gasteiger partial charge < -0.3 is 5.11 Å². The molecule has 0 saturated heterocycles. The van der Waals surface area contributed by atoms with Crippen LogP contribution in [0.5, 0.6) is 0 Å². The zero-order valence-electron chi connectivity index (χ0n) is 9.61. The highest BCUT2D eigenvalue weighted by molar-refractivity contribution is 14.1. The van der Waals surface area contributed by atoms with Gasteiger partial charge in [0.15, 0.2) is 0 Å². The summed E-state index contributed by atoms with van der Waals surface area (Å²) in [7, 11) is 0. The molecule has 3 heteroatoms. The van der Waals surface area contributed by atoms with E-state index >= 15 is 0 Å². The minimum absolute atomic E-state index is 0.0430. The Labute approximate surface area is 119 Å². The van der Waals surface area contributed by atoms with Gasteiger partial charge in [0.1, 0.15) is 5.82 Å². The molecule has 0 atom stereocenters. The molecule has 1 nitrogen and oxygen atoms in total. The Morgan fingerprint density at radius 1 is 1.00 bits per heavy atom. The van der Waals surface area contributed by atoms with E-state index in [0.717, 1.165) is 20.3 Å². The van der Waals surface area contributed by atoms with Crippen molar-refractivity contribution in [1.29, 1.82) is 0 Å². The molecule has 0 spiro atoms. The standard InChI is InChI=1S/C15H12FIO/c16-13-5-1-11(2-6-13)15(9-10-18)12-3-7-14(17)8-4-12/h1-9,18H,10H2/b15-9-. The molecule has 0 amide bonds. The fourth-order valence-corrected chi connectivity index (χ4v) is 2.11. The fraction of sp³-hybridized carbons (Fsp3) is 0.0667. The number of aliphatic hydroxyl groups is 1. The first-order valence-electron chi connectivity index (χ1n) is 5.53. The molecule has 0 fully saturated rings. The predicted molar refractivity (Wildman–Crippen MR) is 79.7 cm³/mol. The summed E-state index contributed by atoms with van der Waals surface area (Å²) in [6, 6.07) is 14.3. The van der Waals surface area contributed by atoms with Crippen molar-refractivity contribution in [3.63, 3.8) is 0 Å². The summed E-state index contributed by atoms with van der Waals surface area (Å²) in [5.74, 6) is -0.260. The quantitative estimate of drug-likeness (QED) is 0.831. The average Bonchev–Trinajstić information content (AvgIpc) is 2.39. The maximum atomic E-state index is 12.9. The minimum atomic E-state index is -0.260. The SMILES string of the molecule is OC/C=C(/c1ccc(F)cc1)c1ccc(I)cc1. The highest BCUT2D eigenvalue weighted by atomic mass is 127. The number of benzene rings is 2. The van der Waals surface area contributed by atoms with Gasteiger partial charge in [0.05, 0.1) is 6.61 Å². The third-order valence-corrected chi connectivity index (χ3v) is 3.33. The molecule has 2 aromatic rings. The number of rotatable bonds is 3. The van der Waals surface area contributed by atoms with Crippen LogP contribution in [0.15, 0.2) is 54.6 Å². The lowest BCUT2D eigenvalue weighted by Crippen LogP contribution is -1.91. The first kappa shape index (κ1) is 13.2. The van der Waals surface area contributed by atoms with Crippen LogP contribution in [0.2, 0.25) is 0 Å². The van der Waals surface area contributed by atoms with Crippen LogP contribution in [0.1, 0.15) is 11.1 Å². The molecular weight excluding hydrogens is 342 g/mol. The van der Waals surface area contributed by atoms with Crippen LogP contribution in [0.3, 0.4) is 0 Å². The highest BCUT2D eigenvalue weighted by Crippen LogP contribution is 2.24. The summed E-state index contributed by atoms with van der Waals surface area (Å²) < 4.78 is 14.1. The molecule has 1 N–H and O–H groups in total. The zero-order chi connectivity index (χ0) is 13.0. The Balaban J connectivity index is 2.43. The van der Waals surface area contributed by atoms with E-state index in [1.807, 2.05) is 24.3 Å². The molecular formula is C15H12FIO. The normalized spacial score (nSPS) is 11.6. The van der Waals surface area contributed by atoms with Crippen molar-refractivity contribution in [2.24, 2.45) is 0 Å². The van der Waals surface area contributed by atoms with Crippen LogP contribution < -0.4 is 0 Å². The molecule has 0 aliphatic carbocycles. The molecule has 2 rings (SSSR count). The smallest absolute Gasteiger partial charge is 0.123 e. The molecule has 0 heterocycles. The van der Waals surface area contributed by atoms with Gasteiger partial charge in [0, 0.05) is 3.57 Å². The number of aliphatic hydroxyl groups excluding tert-OH is 1. The van der Waals surface area contributed by atoms with E-state index in [9.17, 15) is 4.39 Å². The topological polar surface area (TPSA) is 20.2 Å². The Morgan fingerprint density at radius 2 is 1.50 bits per heavy atom. The Kier molecular flexibility index (Phi) is 4.49. The third kappa shape index (κ3) is 3.17. The van der Waals surface area contributed by atoms with Crippen molar-refractivity contribution in [3.8, 4) is 0 Å². The van der Waals surface area contributed by atoms with Crippen molar-refractivity contribution >= 4 is 28.2 Å². The first-order valence-corrected chi connectivity index (χ1v) is 6.61. The van der Waals surface area contributed by atoms with Gasteiger partial charge in [-0.2, -0.15) is 0 Å². The minimum Gasteiger partial charge on any atom is -0.392 e. The van der Waals surface area contributed by atoms with Gasteiger partial charge in [-0.1, -0.05) is 30.3 Å². The van der Waals surface area contributed by atoms with Gasteiger partial charge in [-0.3, -0.25) is 0 Å². The molecule has 0 saturated carbocycles. The third-order valence-electron chi connectivity index (χ3n) is 2.61. The summed E-state index contributed by atoms with van der Waals surface area (Å²) in [4.78, 5) is 0. The maximum Gasteiger partial charge on any atom is 0.123 e. The molecule has 0 aromatic heterocycles. The molecule has 2 aromatic carbocycles. The first-order chi connectivity index (χ1) is 8.70. The maximum absolute atomic E-state index is 12.9. The summed E-state index contributed by atoms with van der Waals surface area (Å²) in [6.45, 7) is -0.0430. The fourth-order valence-electron chi connectivity index (χ4n) is 1.75. The molecule has 18 heavy (non-hydrogen) atoms. The highest BCUT2D eigenvalue weighted by Gasteiger charge is 2.04. The van der Waals surface area contributed by atoms with Gasteiger partial charge >= 0.3 is 0 Å². The van der Waals surface area contributed by atoms with Crippen LogP contribution in [0.25, 0.3) is 5.57 Å². The molecule has 0 aliphatic heterocycles. The van der Waals surface area contributed by atoms with E-state index in [1.165, 1.54) is 12.1 Å². The van der Waals surface area contributed by atoms with E-state index in [4.69, 9.17) is 5.11 Å². The van der Waals surface area contributed by atoms with Gasteiger partial charge in [0.2, 0.25) is 0 Å². The van der Waals surface area contributed by atoms with E-state index < -0.39 is 0 Å². The lowest BCUT2D eigenvalue weighted by Gasteiger charge is -2.08. The van der Waals surface area contributed by atoms with E-state index in [2.05, 4.69) is 22.6 Å². The van der Waals surface area contributed by atoms with E-state index in [1.54, 1.807) is 18.2 Å². The van der Waals surface area contributed by atoms with Gasteiger partial charge in [-0.25, -0.2) is 4.39 Å². The summed E-state index contributed by atoms with van der Waals surface area (Å²) in [5.41, 5.74) is 2.82. The average molecular weight is 354 g/mol. The zero-order valence-corrected chi connectivity index (χ0v) is 11.8. The summed E-state index contributed by atoms with van der Waals surface area (Å²) in [5, 5.41) is 9.12. The van der Waals surface area contributed by atoms with Crippen LogP contribution in [0.4, 0.5) is 4.39 Å². The second kappa shape index (κ2) is 6.11.